The number of hydrogen-bond donors (Lipinski definition) is 2. The molecule has 126 valence electrons. The number of aromatic nitrogens is 3. The summed E-state index contributed by atoms with van der Waals surface area (Å²) in [6.45, 7) is -0.0279. The number of anilines is 1. The molecule has 1 aliphatic rings. The molecule has 2 heterocycles. The molecular weight excluding hydrogens is 318 g/mol. The number of fused-ring (bicyclic) bond motifs is 1. The average Bonchev–Trinajstić information content (AvgIpc) is 3.35. The van der Waals surface area contributed by atoms with Crippen LogP contribution in [0.3, 0.4) is 0 Å². The van der Waals surface area contributed by atoms with Gasteiger partial charge in [-0.15, -0.1) is 0 Å². The number of para-hydroxylation sites is 1. The number of benzene rings is 1. The Balaban J connectivity index is 1.65. The molecule has 0 aliphatic heterocycles. The minimum Gasteiger partial charge on any atom is -0.368 e. The number of carbonyl (C=O) groups is 2. The first-order valence-corrected chi connectivity index (χ1v) is 8.13. The highest BCUT2D eigenvalue weighted by Gasteiger charge is 2.27. The van der Waals surface area contributed by atoms with Gasteiger partial charge in [-0.2, -0.15) is 5.10 Å². The molecule has 0 unspecified atom stereocenters. The van der Waals surface area contributed by atoms with Crippen LogP contribution in [-0.4, -0.2) is 26.6 Å². The molecule has 3 N–H and O–H groups in total. The van der Waals surface area contributed by atoms with E-state index in [1.807, 2.05) is 30.3 Å². The third-order valence-electron chi connectivity index (χ3n) is 4.18. The van der Waals surface area contributed by atoms with E-state index >= 15 is 0 Å². The van der Waals surface area contributed by atoms with Crippen molar-refractivity contribution in [3.05, 3.63) is 53.9 Å². The minimum absolute atomic E-state index is 0.0279. The molecule has 0 bridgehead atoms. The van der Waals surface area contributed by atoms with Gasteiger partial charge in [-0.05, 0) is 25.0 Å². The zero-order valence-electron chi connectivity index (χ0n) is 13.5. The molecule has 3 aromatic rings. The highest BCUT2D eigenvalue weighted by atomic mass is 16.2. The number of rotatable bonds is 5. The Bertz CT molecular complexity index is 975. The van der Waals surface area contributed by atoms with Crippen molar-refractivity contribution in [3.63, 3.8) is 0 Å². The standard InChI is InChI=1S/C18H17N5O2/c19-16(24)10-23-8-7-17(22-23)21-18(25)13-9-15(11-5-6-11)20-14-4-2-1-3-12(13)14/h1-4,7-9,11H,5-6,10H2,(H2,19,24)(H,21,22,25). The van der Waals surface area contributed by atoms with Gasteiger partial charge in [0.2, 0.25) is 5.91 Å². The third kappa shape index (κ3) is 3.21. The maximum atomic E-state index is 12.8. The van der Waals surface area contributed by atoms with Gasteiger partial charge in [-0.25, -0.2) is 0 Å². The fourth-order valence-electron chi connectivity index (χ4n) is 2.83. The van der Waals surface area contributed by atoms with E-state index in [4.69, 9.17) is 5.73 Å². The lowest BCUT2D eigenvalue weighted by Crippen LogP contribution is -2.19. The van der Waals surface area contributed by atoms with E-state index in [1.165, 1.54) is 4.68 Å². The summed E-state index contributed by atoms with van der Waals surface area (Å²) in [5.41, 5.74) is 7.50. The van der Waals surface area contributed by atoms with Crippen molar-refractivity contribution in [2.24, 2.45) is 5.73 Å². The van der Waals surface area contributed by atoms with Crippen molar-refractivity contribution in [2.75, 3.05) is 5.32 Å². The summed E-state index contributed by atoms with van der Waals surface area (Å²) < 4.78 is 1.39. The number of nitrogens with two attached hydrogens (primary N) is 1. The maximum absolute atomic E-state index is 12.8. The molecule has 2 aromatic heterocycles. The SMILES string of the molecule is NC(=O)Cn1ccc(NC(=O)c2cc(C3CC3)nc3ccccc23)n1. The first-order chi connectivity index (χ1) is 12.1. The van der Waals surface area contributed by atoms with Crippen LogP contribution in [0.5, 0.6) is 0 Å². The number of nitrogens with zero attached hydrogens (tertiary/aromatic N) is 3. The molecule has 4 rings (SSSR count). The predicted octanol–water partition coefficient (Wildman–Crippen LogP) is 2.05. The van der Waals surface area contributed by atoms with Gasteiger partial charge >= 0.3 is 0 Å². The Labute approximate surface area is 143 Å². The van der Waals surface area contributed by atoms with Crippen LogP contribution >= 0.6 is 0 Å². The van der Waals surface area contributed by atoms with Crippen molar-refractivity contribution in [1.29, 1.82) is 0 Å². The summed E-state index contributed by atoms with van der Waals surface area (Å²) in [7, 11) is 0. The van der Waals surface area contributed by atoms with Crippen LogP contribution in [0.2, 0.25) is 0 Å². The number of nitrogens with one attached hydrogen (secondary N) is 1. The number of primary amides is 1. The summed E-state index contributed by atoms with van der Waals surface area (Å²) in [6, 6.07) is 11.1. The largest absolute Gasteiger partial charge is 0.368 e. The van der Waals surface area contributed by atoms with Crippen LogP contribution < -0.4 is 11.1 Å². The first kappa shape index (κ1) is 15.3. The van der Waals surface area contributed by atoms with E-state index in [0.717, 1.165) is 29.4 Å². The average molecular weight is 335 g/mol. The molecule has 25 heavy (non-hydrogen) atoms. The Morgan fingerprint density at radius 2 is 2.04 bits per heavy atom. The number of pyridine rings is 1. The molecule has 1 fully saturated rings. The summed E-state index contributed by atoms with van der Waals surface area (Å²) >= 11 is 0. The van der Waals surface area contributed by atoms with Crippen molar-refractivity contribution < 1.29 is 9.59 Å². The van der Waals surface area contributed by atoms with Gasteiger partial charge in [0.15, 0.2) is 5.82 Å². The molecule has 7 nitrogen and oxygen atoms in total. The van der Waals surface area contributed by atoms with Gasteiger partial charge < -0.3 is 11.1 Å². The van der Waals surface area contributed by atoms with Crippen LogP contribution in [0.25, 0.3) is 10.9 Å². The number of hydrogen-bond acceptors (Lipinski definition) is 4. The van der Waals surface area contributed by atoms with Crippen molar-refractivity contribution in [2.45, 2.75) is 25.3 Å². The van der Waals surface area contributed by atoms with Crippen molar-refractivity contribution in [3.8, 4) is 0 Å². The fourth-order valence-corrected chi connectivity index (χ4v) is 2.83. The van der Waals surface area contributed by atoms with Gasteiger partial charge in [-0.3, -0.25) is 19.3 Å². The lowest BCUT2D eigenvalue weighted by molar-refractivity contribution is -0.118. The molecule has 1 saturated carbocycles. The molecule has 0 spiro atoms. The molecule has 0 saturated heterocycles. The highest BCUT2D eigenvalue weighted by Crippen LogP contribution is 2.40. The van der Waals surface area contributed by atoms with E-state index in [-0.39, 0.29) is 12.5 Å². The third-order valence-corrected chi connectivity index (χ3v) is 4.18. The summed E-state index contributed by atoms with van der Waals surface area (Å²) in [5, 5.41) is 7.72. The second-order valence-electron chi connectivity index (χ2n) is 6.21. The van der Waals surface area contributed by atoms with E-state index in [9.17, 15) is 9.59 Å². The highest BCUT2D eigenvalue weighted by molar-refractivity contribution is 6.12. The van der Waals surface area contributed by atoms with E-state index < -0.39 is 5.91 Å². The summed E-state index contributed by atoms with van der Waals surface area (Å²) in [4.78, 5) is 28.4. The molecule has 1 aliphatic carbocycles. The van der Waals surface area contributed by atoms with Gasteiger partial charge in [0, 0.05) is 29.3 Å². The van der Waals surface area contributed by atoms with Crippen LogP contribution in [0.4, 0.5) is 5.82 Å². The van der Waals surface area contributed by atoms with E-state index in [2.05, 4.69) is 15.4 Å². The van der Waals surface area contributed by atoms with E-state index in [1.54, 1.807) is 12.3 Å². The first-order valence-electron chi connectivity index (χ1n) is 8.13. The maximum Gasteiger partial charge on any atom is 0.257 e. The van der Waals surface area contributed by atoms with Gasteiger partial charge in [0.05, 0.1) is 11.1 Å². The minimum atomic E-state index is -0.491. The van der Waals surface area contributed by atoms with Crippen molar-refractivity contribution >= 4 is 28.5 Å². The zero-order chi connectivity index (χ0) is 17.4. The van der Waals surface area contributed by atoms with Crippen LogP contribution in [-0.2, 0) is 11.3 Å². The Morgan fingerprint density at radius 3 is 2.80 bits per heavy atom. The second kappa shape index (κ2) is 6.01. The van der Waals surface area contributed by atoms with Crippen LogP contribution in [0.1, 0.15) is 34.8 Å². The van der Waals surface area contributed by atoms with Crippen LogP contribution in [0, 0.1) is 0 Å². The molecule has 2 amide bonds. The zero-order valence-corrected chi connectivity index (χ0v) is 13.5. The molecule has 0 radical (unpaired) electrons. The Kier molecular flexibility index (Phi) is 3.68. The lowest BCUT2D eigenvalue weighted by atomic mass is 10.1. The van der Waals surface area contributed by atoms with E-state index in [0.29, 0.717) is 17.3 Å². The smallest absolute Gasteiger partial charge is 0.257 e. The lowest BCUT2D eigenvalue weighted by Gasteiger charge is -2.09. The monoisotopic (exact) mass is 335 g/mol. The fraction of sp³-hybridized carbons (Fsp3) is 0.222. The predicted molar refractivity (Wildman–Crippen MR) is 93.1 cm³/mol. The summed E-state index contributed by atoms with van der Waals surface area (Å²) in [5.74, 6) is 0.0889. The second-order valence-corrected chi connectivity index (χ2v) is 6.21. The summed E-state index contributed by atoms with van der Waals surface area (Å²) in [6.07, 6.45) is 3.83. The number of carbonyl (C=O) groups excluding carboxylic acids is 2. The Hall–Kier alpha value is -3.22. The van der Waals surface area contributed by atoms with Gasteiger partial charge in [0.1, 0.15) is 6.54 Å². The number of amides is 2. The normalized spacial score (nSPS) is 13.8. The topological polar surface area (TPSA) is 103 Å². The van der Waals surface area contributed by atoms with Gasteiger partial charge in [-0.1, -0.05) is 18.2 Å². The van der Waals surface area contributed by atoms with Gasteiger partial charge in [0.25, 0.3) is 5.91 Å². The van der Waals surface area contributed by atoms with Crippen LogP contribution in [0.15, 0.2) is 42.6 Å². The Morgan fingerprint density at radius 1 is 1.24 bits per heavy atom. The molecule has 0 atom stereocenters. The molecular formula is C18H17N5O2. The quantitative estimate of drug-likeness (QED) is 0.744. The molecule has 7 heteroatoms. The molecule has 1 aromatic carbocycles. The van der Waals surface area contributed by atoms with Crippen molar-refractivity contribution in [1.82, 2.24) is 14.8 Å².